The smallest absolute Gasteiger partial charge is 0.416 e. The van der Waals surface area contributed by atoms with E-state index in [9.17, 15) is 27.9 Å². The molecule has 33 heavy (non-hydrogen) atoms. The van der Waals surface area contributed by atoms with Gasteiger partial charge < -0.3 is 10.0 Å². The number of rotatable bonds is 5. The molecule has 1 N–H and O–H groups in total. The molecule has 5 nitrogen and oxygen atoms in total. The lowest BCUT2D eigenvalue weighted by atomic mass is 9.95. The van der Waals surface area contributed by atoms with Crippen LogP contribution in [-0.4, -0.2) is 30.9 Å². The topological polar surface area (TPSA) is 60.9 Å². The zero-order chi connectivity index (χ0) is 23.9. The van der Waals surface area contributed by atoms with E-state index < -0.39 is 35.2 Å². The number of thiophene rings is 1. The van der Waals surface area contributed by atoms with Crippen molar-refractivity contribution in [2.45, 2.75) is 12.2 Å². The molecular formula is C24H19F3N2O3S. The Morgan fingerprint density at radius 3 is 2.18 bits per heavy atom. The molecule has 4 rings (SSSR count). The molecule has 1 atom stereocenters. The van der Waals surface area contributed by atoms with Crippen molar-refractivity contribution < 1.29 is 27.9 Å². The van der Waals surface area contributed by atoms with Crippen LogP contribution in [0.15, 0.2) is 77.4 Å². The summed E-state index contributed by atoms with van der Waals surface area (Å²) >= 11 is 1.17. The summed E-state index contributed by atoms with van der Waals surface area (Å²) in [6.07, 6.45) is -4.53. The third-order valence-electron chi connectivity index (χ3n) is 5.40. The van der Waals surface area contributed by atoms with E-state index in [0.29, 0.717) is 10.4 Å². The highest BCUT2D eigenvalue weighted by Crippen LogP contribution is 2.43. The van der Waals surface area contributed by atoms with E-state index in [1.54, 1.807) is 41.8 Å². The van der Waals surface area contributed by atoms with E-state index in [-0.39, 0.29) is 11.3 Å². The van der Waals surface area contributed by atoms with Crippen LogP contribution in [-0.2, 0) is 11.0 Å². The molecule has 0 saturated carbocycles. The molecule has 1 aromatic heterocycles. The predicted octanol–water partition coefficient (Wildman–Crippen LogP) is 5.62. The van der Waals surface area contributed by atoms with E-state index in [4.69, 9.17) is 0 Å². The van der Waals surface area contributed by atoms with Crippen molar-refractivity contribution >= 4 is 34.4 Å². The number of aliphatic hydroxyl groups excluding tert-OH is 1. The van der Waals surface area contributed by atoms with Crippen molar-refractivity contribution in [1.29, 1.82) is 0 Å². The second-order valence-electron chi connectivity index (χ2n) is 7.68. The Balaban J connectivity index is 1.83. The van der Waals surface area contributed by atoms with Gasteiger partial charge in [-0.1, -0.05) is 18.2 Å². The number of ketones is 1. The lowest BCUT2D eigenvalue weighted by Crippen LogP contribution is -2.31. The van der Waals surface area contributed by atoms with Gasteiger partial charge >= 0.3 is 6.18 Å². The number of halogens is 3. The van der Waals surface area contributed by atoms with E-state index in [2.05, 4.69) is 0 Å². The number of benzene rings is 2. The Labute approximate surface area is 192 Å². The molecule has 170 valence electrons. The number of Topliss-reactive ketones (excluding diaryl/α,β-unsaturated/α-hetero) is 1. The van der Waals surface area contributed by atoms with E-state index in [1.165, 1.54) is 11.3 Å². The van der Waals surface area contributed by atoms with Gasteiger partial charge in [-0.3, -0.25) is 14.5 Å². The van der Waals surface area contributed by atoms with E-state index in [0.717, 1.165) is 34.9 Å². The minimum atomic E-state index is -4.53. The first-order valence-corrected chi connectivity index (χ1v) is 10.8. The van der Waals surface area contributed by atoms with Crippen LogP contribution in [0.25, 0.3) is 0 Å². The Hall–Kier alpha value is -3.59. The van der Waals surface area contributed by atoms with Gasteiger partial charge in [-0.15, -0.1) is 11.3 Å². The quantitative estimate of drug-likeness (QED) is 0.490. The number of anilines is 2. The van der Waals surface area contributed by atoms with Crippen LogP contribution in [0.5, 0.6) is 0 Å². The number of hydrogen-bond acceptors (Lipinski definition) is 5. The van der Waals surface area contributed by atoms with Crippen LogP contribution in [0.2, 0.25) is 0 Å². The van der Waals surface area contributed by atoms with Gasteiger partial charge in [0.15, 0.2) is 5.76 Å². The third kappa shape index (κ3) is 4.11. The molecule has 0 saturated heterocycles. The number of aliphatic hydroxyl groups is 1. The first kappa shape index (κ1) is 22.6. The van der Waals surface area contributed by atoms with Gasteiger partial charge in [-0.25, -0.2) is 0 Å². The second-order valence-corrected chi connectivity index (χ2v) is 8.62. The predicted molar refractivity (Wildman–Crippen MR) is 121 cm³/mol. The van der Waals surface area contributed by atoms with Crippen LogP contribution < -0.4 is 9.80 Å². The van der Waals surface area contributed by atoms with Crippen molar-refractivity contribution in [3.63, 3.8) is 0 Å². The van der Waals surface area contributed by atoms with Crippen LogP contribution in [0.3, 0.4) is 0 Å². The summed E-state index contributed by atoms with van der Waals surface area (Å²) in [5, 5.41) is 12.4. The molecular weight excluding hydrogens is 453 g/mol. The molecule has 1 unspecified atom stereocenters. The largest absolute Gasteiger partial charge is 0.503 e. The normalized spacial score (nSPS) is 16.5. The summed E-state index contributed by atoms with van der Waals surface area (Å²) < 4.78 is 39.1. The van der Waals surface area contributed by atoms with Gasteiger partial charge in [0, 0.05) is 25.5 Å². The van der Waals surface area contributed by atoms with Crippen LogP contribution >= 0.6 is 11.3 Å². The van der Waals surface area contributed by atoms with Gasteiger partial charge in [0.1, 0.15) is 0 Å². The number of alkyl halides is 3. The Morgan fingerprint density at radius 1 is 1.03 bits per heavy atom. The van der Waals surface area contributed by atoms with Gasteiger partial charge in [-0.2, -0.15) is 13.2 Å². The first-order chi connectivity index (χ1) is 15.6. The molecule has 0 radical (unpaired) electrons. The maximum absolute atomic E-state index is 13.2. The van der Waals surface area contributed by atoms with Gasteiger partial charge in [-0.05, 0) is 53.4 Å². The second kappa shape index (κ2) is 8.40. The average Bonchev–Trinajstić information content (AvgIpc) is 3.40. The van der Waals surface area contributed by atoms with Crippen molar-refractivity contribution in [2.24, 2.45) is 0 Å². The molecule has 1 aliphatic heterocycles. The molecule has 9 heteroatoms. The maximum atomic E-state index is 13.2. The minimum absolute atomic E-state index is 0.111. The van der Waals surface area contributed by atoms with Gasteiger partial charge in [0.2, 0.25) is 5.78 Å². The fourth-order valence-corrected chi connectivity index (χ4v) is 4.40. The van der Waals surface area contributed by atoms with Gasteiger partial charge in [0.05, 0.1) is 22.1 Å². The number of hydrogen-bond donors (Lipinski definition) is 1. The monoisotopic (exact) mass is 472 g/mol. The minimum Gasteiger partial charge on any atom is -0.503 e. The SMILES string of the molecule is CN(C)c1ccc(C2C(C(=O)c3cccs3)=C(O)C(=O)N2c2ccc(C(F)(F)F)cc2)cc1. The van der Waals surface area contributed by atoms with Crippen LogP contribution in [0, 0.1) is 0 Å². The fourth-order valence-electron chi connectivity index (χ4n) is 3.73. The zero-order valence-electron chi connectivity index (χ0n) is 17.6. The Kier molecular flexibility index (Phi) is 5.75. The van der Waals surface area contributed by atoms with Crippen molar-refractivity contribution in [1.82, 2.24) is 0 Å². The molecule has 1 aliphatic rings. The first-order valence-electron chi connectivity index (χ1n) is 9.89. The number of carbonyl (C=O) groups excluding carboxylic acids is 2. The molecule has 1 amide bonds. The van der Waals surface area contributed by atoms with Crippen molar-refractivity contribution in [3.8, 4) is 0 Å². The summed E-state index contributed by atoms with van der Waals surface area (Å²) in [5.41, 5.74) is 0.577. The van der Waals surface area contributed by atoms with E-state index >= 15 is 0 Å². The molecule has 2 heterocycles. The Morgan fingerprint density at radius 2 is 1.67 bits per heavy atom. The van der Waals surface area contributed by atoms with E-state index in [1.807, 2.05) is 19.0 Å². The Bertz CT molecular complexity index is 1220. The summed E-state index contributed by atoms with van der Waals surface area (Å²) in [6, 6.07) is 13.4. The highest BCUT2D eigenvalue weighted by Gasteiger charge is 2.45. The van der Waals surface area contributed by atoms with Gasteiger partial charge in [0.25, 0.3) is 5.91 Å². The molecule has 0 fully saturated rings. The fraction of sp³-hybridized carbons (Fsp3) is 0.167. The summed E-state index contributed by atoms with van der Waals surface area (Å²) in [6.45, 7) is 0. The van der Waals surface area contributed by atoms with Crippen molar-refractivity contribution in [3.05, 3.63) is 93.4 Å². The lowest BCUT2D eigenvalue weighted by Gasteiger charge is -2.27. The zero-order valence-corrected chi connectivity index (χ0v) is 18.4. The number of nitrogens with zero attached hydrogens (tertiary/aromatic N) is 2. The third-order valence-corrected chi connectivity index (χ3v) is 6.26. The molecule has 0 bridgehead atoms. The molecule has 3 aromatic rings. The number of amides is 1. The lowest BCUT2D eigenvalue weighted by molar-refractivity contribution is -0.137. The highest BCUT2D eigenvalue weighted by atomic mass is 32.1. The van der Waals surface area contributed by atoms with Crippen LogP contribution in [0.4, 0.5) is 24.5 Å². The molecule has 0 spiro atoms. The standard InChI is InChI=1S/C24H19F3N2O3S/c1-28(2)16-9-5-14(6-10-16)20-19(21(30)18-4-3-13-33-18)22(31)23(32)29(20)17-11-7-15(8-12-17)24(25,26)27/h3-13,20,31H,1-2H3. The highest BCUT2D eigenvalue weighted by molar-refractivity contribution is 7.12. The molecule has 0 aliphatic carbocycles. The summed E-state index contributed by atoms with van der Waals surface area (Å²) in [7, 11) is 3.72. The summed E-state index contributed by atoms with van der Waals surface area (Å²) in [5.74, 6) is -2.07. The van der Waals surface area contributed by atoms with Crippen molar-refractivity contribution in [2.75, 3.05) is 23.9 Å². The average molecular weight is 472 g/mol. The molecule has 2 aromatic carbocycles. The summed E-state index contributed by atoms with van der Waals surface area (Å²) in [4.78, 5) is 29.7. The number of carbonyl (C=O) groups is 2. The van der Waals surface area contributed by atoms with Crippen LogP contribution in [0.1, 0.15) is 26.8 Å². The maximum Gasteiger partial charge on any atom is 0.416 e.